The molecule has 0 unspecified atom stereocenters. The molecule has 1 aromatic heterocycles. The molecule has 0 spiro atoms. The van der Waals surface area contributed by atoms with Crippen molar-refractivity contribution in [1.82, 2.24) is 14.8 Å². The average Bonchev–Trinajstić information content (AvgIpc) is 3.14. The van der Waals surface area contributed by atoms with Crippen molar-refractivity contribution < 1.29 is 14.3 Å². The Hall–Kier alpha value is -1.83. The standard InChI is InChI=1S/C19H24FN3O2S/c1-13-18(26-12-21-13)11-23-9-16(20)7-17(23)10-22(2)8-14-3-5-15(6-4-14)19(24)25/h3-6,12,16-17H,7-11H2,1-2H3,(H,24,25)/t16-,17-/m0/s1. The molecule has 1 fully saturated rings. The Bertz CT molecular complexity index is 749. The minimum Gasteiger partial charge on any atom is -0.478 e. The lowest BCUT2D eigenvalue weighted by molar-refractivity contribution is 0.0697. The number of nitrogens with zero attached hydrogens (tertiary/aromatic N) is 3. The number of alkyl halides is 1. The number of likely N-dealkylation sites (tertiary alicyclic amines) is 1. The Morgan fingerprint density at radius 2 is 2.15 bits per heavy atom. The van der Waals surface area contributed by atoms with Gasteiger partial charge in [0.1, 0.15) is 6.17 Å². The van der Waals surface area contributed by atoms with Crippen molar-refractivity contribution in [3.63, 3.8) is 0 Å². The Kier molecular flexibility index (Phi) is 6.01. The van der Waals surface area contributed by atoms with Crippen LogP contribution in [0.25, 0.3) is 0 Å². The lowest BCUT2D eigenvalue weighted by Crippen LogP contribution is -2.38. The highest BCUT2D eigenvalue weighted by Crippen LogP contribution is 2.26. The van der Waals surface area contributed by atoms with Gasteiger partial charge in [-0.15, -0.1) is 11.3 Å². The highest BCUT2D eigenvalue weighted by atomic mass is 32.1. The van der Waals surface area contributed by atoms with Gasteiger partial charge in [0.2, 0.25) is 0 Å². The Labute approximate surface area is 157 Å². The largest absolute Gasteiger partial charge is 0.478 e. The Balaban J connectivity index is 1.58. The third-order valence-corrected chi connectivity index (χ3v) is 5.76. The molecule has 2 aromatic rings. The summed E-state index contributed by atoms with van der Waals surface area (Å²) in [5.74, 6) is -0.918. The lowest BCUT2D eigenvalue weighted by atomic mass is 10.1. The van der Waals surface area contributed by atoms with Crippen LogP contribution in [-0.2, 0) is 13.1 Å². The van der Waals surface area contributed by atoms with Crippen molar-refractivity contribution in [3.05, 3.63) is 51.5 Å². The van der Waals surface area contributed by atoms with Gasteiger partial charge in [0.05, 0.1) is 16.8 Å². The highest BCUT2D eigenvalue weighted by molar-refractivity contribution is 7.09. The summed E-state index contributed by atoms with van der Waals surface area (Å²) in [6, 6.07) is 7.10. The number of aromatic carboxylic acids is 1. The summed E-state index contributed by atoms with van der Waals surface area (Å²) in [7, 11) is 2.02. The number of thiazole rings is 1. The lowest BCUT2D eigenvalue weighted by Gasteiger charge is -2.28. The first-order valence-corrected chi connectivity index (χ1v) is 9.58. The molecular weight excluding hydrogens is 353 g/mol. The molecule has 0 saturated carbocycles. The molecule has 0 bridgehead atoms. The minimum atomic E-state index is -0.918. The van der Waals surface area contributed by atoms with E-state index in [4.69, 9.17) is 5.11 Å². The third kappa shape index (κ3) is 4.66. The normalized spacial score (nSPS) is 20.8. The highest BCUT2D eigenvalue weighted by Gasteiger charge is 2.33. The molecule has 0 radical (unpaired) electrons. The second kappa shape index (κ2) is 8.24. The van der Waals surface area contributed by atoms with E-state index < -0.39 is 12.1 Å². The summed E-state index contributed by atoms with van der Waals surface area (Å²) < 4.78 is 14.0. The van der Waals surface area contributed by atoms with Crippen molar-refractivity contribution in [1.29, 1.82) is 0 Å². The van der Waals surface area contributed by atoms with Crippen LogP contribution in [-0.4, -0.2) is 58.2 Å². The van der Waals surface area contributed by atoms with Gasteiger partial charge in [-0.3, -0.25) is 4.90 Å². The molecule has 0 amide bonds. The zero-order valence-electron chi connectivity index (χ0n) is 15.1. The van der Waals surface area contributed by atoms with Crippen molar-refractivity contribution in [2.75, 3.05) is 20.1 Å². The first kappa shape index (κ1) is 18.9. The van der Waals surface area contributed by atoms with Crippen LogP contribution >= 0.6 is 11.3 Å². The zero-order chi connectivity index (χ0) is 18.7. The van der Waals surface area contributed by atoms with Crippen LogP contribution in [0.2, 0.25) is 0 Å². The van der Waals surface area contributed by atoms with E-state index in [0.29, 0.717) is 25.1 Å². The summed E-state index contributed by atoms with van der Waals surface area (Å²) in [5.41, 5.74) is 4.22. The van der Waals surface area contributed by atoms with Crippen LogP contribution in [0.4, 0.5) is 4.39 Å². The maximum Gasteiger partial charge on any atom is 0.335 e. The molecule has 1 N–H and O–H groups in total. The summed E-state index contributed by atoms with van der Waals surface area (Å²) >= 11 is 1.63. The monoisotopic (exact) mass is 377 g/mol. The van der Waals surface area contributed by atoms with E-state index in [0.717, 1.165) is 24.3 Å². The molecule has 5 nitrogen and oxygen atoms in total. The molecule has 26 heavy (non-hydrogen) atoms. The van der Waals surface area contributed by atoms with Crippen LogP contribution in [0.3, 0.4) is 0 Å². The van der Waals surface area contributed by atoms with Crippen LogP contribution in [0.15, 0.2) is 29.8 Å². The SMILES string of the molecule is Cc1ncsc1CN1C[C@@H](F)C[C@H]1CN(C)Cc1ccc(C(=O)O)cc1. The molecule has 2 atom stereocenters. The number of carboxylic acid groups (broad SMARTS) is 1. The maximum atomic E-state index is 14.0. The van der Waals surface area contributed by atoms with E-state index in [9.17, 15) is 9.18 Å². The summed E-state index contributed by atoms with van der Waals surface area (Å²) in [6.45, 7) is 4.71. The van der Waals surface area contributed by atoms with Gasteiger partial charge in [0.25, 0.3) is 0 Å². The van der Waals surface area contributed by atoms with E-state index >= 15 is 0 Å². The molecular formula is C19H24FN3O2S. The van der Waals surface area contributed by atoms with E-state index in [2.05, 4.69) is 14.8 Å². The number of benzene rings is 1. The van der Waals surface area contributed by atoms with E-state index in [1.807, 2.05) is 31.6 Å². The van der Waals surface area contributed by atoms with Crippen LogP contribution in [0.5, 0.6) is 0 Å². The van der Waals surface area contributed by atoms with Gasteiger partial charge in [-0.1, -0.05) is 12.1 Å². The first-order chi connectivity index (χ1) is 12.4. The van der Waals surface area contributed by atoms with Crippen molar-refractivity contribution >= 4 is 17.3 Å². The van der Waals surface area contributed by atoms with Crippen LogP contribution in [0, 0.1) is 6.92 Å². The van der Waals surface area contributed by atoms with Gasteiger partial charge in [-0.25, -0.2) is 14.2 Å². The van der Waals surface area contributed by atoms with E-state index in [1.165, 1.54) is 4.88 Å². The molecule has 1 aromatic carbocycles. The maximum absolute atomic E-state index is 14.0. The topological polar surface area (TPSA) is 56.7 Å². The van der Waals surface area contributed by atoms with E-state index in [1.54, 1.807) is 23.5 Å². The Morgan fingerprint density at radius 1 is 1.42 bits per heavy atom. The first-order valence-electron chi connectivity index (χ1n) is 8.70. The number of carboxylic acids is 1. The molecule has 1 aliphatic heterocycles. The number of carbonyl (C=O) groups is 1. The molecule has 2 heterocycles. The minimum absolute atomic E-state index is 0.176. The second-order valence-corrected chi connectivity index (χ2v) is 7.92. The number of hydrogen-bond donors (Lipinski definition) is 1. The predicted molar refractivity (Wildman–Crippen MR) is 100 cm³/mol. The quantitative estimate of drug-likeness (QED) is 0.803. The van der Waals surface area contributed by atoms with Crippen molar-refractivity contribution in [3.8, 4) is 0 Å². The van der Waals surface area contributed by atoms with Gasteiger partial charge >= 0.3 is 5.97 Å². The summed E-state index contributed by atoms with van der Waals surface area (Å²) in [4.78, 5) is 20.8. The summed E-state index contributed by atoms with van der Waals surface area (Å²) in [5, 5.41) is 8.97. The number of aryl methyl sites for hydroxylation is 1. The number of hydrogen-bond acceptors (Lipinski definition) is 5. The van der Waals surface area contributed by atoms with Gasteiger partial charge in [-0.2, -0.15) is 0 Å². The number of aromatic nitrogens is 1. The fraction of sp³-hybridized carbons (Fsp3) is 0.474. The van der Waals surface area contributed by atoms with E-state index in [-0.39, 0.29) is 6.04 Å². The predicted octanol–water partition coefficient (Wildman–Crippen LogP) is 3.19. The number of halogens is 1. The van der Waals surface area contributed by atoms with Gasteiger partial charge in [-0.05, 0) is 38.1 Å². The van der Waals surface area contributed by atoms with Gasteiger partial charge in [0, 0.05) is 37.1 Å². The molecule has 0 aliphatic carbocycles. The second-order valence-electron chi connectivity index (χ2n) is 6.98. The molecule has 140 valence electrons. The molecule has 3 rings (SSSR count). The third-order valence-electron chi connectivity index (χ3n) is 4.84. The fourth-order valence-corrected chi connectivity index (χ4v) is 4.26. The summed E-state index contributed by atoms with van der Waals surface area (Å²) in [6.07, 6.45) is -0.225. The van der Waals surface area contributed by atoms with Gasteiger partial charge < -0.3 is 10.0 Å². The van der Waals surface area contributed by atoms with Crippen molar-refractivity contribution in [2.24, 2.45) is 0 Å². The smallest absolute Gasteiger partial charge is 0.335 e. The zero-order valence-corrected chi connectivity index (χ0v) is 15.9. The Morgan fingerprint density at radius 3 is 2.77 bits per heavy atom. The molecule has 1 saturated heterocycles. The van der Waals surface area contributed by atoms with Crippen LogP contribution in [0.1, 0.15) is 32.9 Å². The van der Waals surface area contributed by atoms with Gasteiger partial charge in [0.15, 0.2) is 0 Å². The molecule has 7 heteroatoms. The number of rotatable bonds is 7. The average molecular weight is 377 g/mol. The fourth-order valence-electron chi connectivity index (χ4n) is 3.46. The number of likely N-dealkylation sites (N-methyl/N-ethyl adjacent to an activating group) is 1. The van der Waals surface area contributed by atoms with Crippen LogP contribution < -0.4 is 0 Å². The van der Waals surface area contributed by atoms with Crippen molar-refractivity contribution in [2.45, 2.75) is 38.6 Å². The molecule has 1 aliphatic rings.